The molecule has 6 nitrogen and oxygen atoms in total. The summed E-state index contributed by atoms with van der Waals surface area (Å²) in [7, 11) is 3.16. The fraction of sp³-hybridized carbons (Fsp3) is 0.250. The van der Waals surface area contributed by atoms with Gasteiger partial charge in [0.15, 0.2) is 11.4 Å². The van der Waals surface area contributed by atoms with E-state index in [0.717, 1.165) is 11.1 Å². The van der Waals surface area contributed by atoms with Crippen LogP contribution in [0.5, 0.6) is 11.5 Å². The molecule has 0 bridgehead atoms. The van der Waals surface area contributed by atoms with E-state index < -0.39 is 10.3 Å². The average Bonchev–Trinajstić information content (AvgIpc) is 2.57. The summed E-state index contributed by atoms with van der Waals surface area (Å²) in [5.41, 5.74) is 2.61. The second kappa shape index (κ2) is 5.94. The number of hydrogen-bond acceptors (Lipinski definition) is 4. The predicted octanol–water partition coefficient (Wildman–Crippen LogP) is 0.446. The van der Waals surface area contributed by atoms with E-state index in [1.807, 2.05) is 12.1 Å². The quantitative estimate of drug-likeness (QED) is 0.790. The number of nitrogens with one attached hydrogen (secondary N) is 2. The Kier molecular flexibility index (Phi) is 4.00. The molecule has 22 heavy (non-hydrogen) atoms. The van der Waals surface area contributed by atoms with E-state index in [-0.39, 0.29) is 0 Å². The molecule has 1 heterocycles. The van der Waals surface area contributed by atoms with Crippen LogP contribution in [0.1, 0.15) is 11.1 Å². The molecule has 2 aromatic rings. The molecule has 0 spiro atoms. The minimum atomic E-state index is -0.469. The molecule has 0 aliphatic carbocycles. The van der Waals surface area contributed by atoms with Crippen LogP contribution in [0.25, 0.3) is 0 Å². The number of fused-ring (bicyclic) bond motifs is 2. The van der Waals surface area contributed by atoms with Gasteiger partial charge in [-0.25, -0.2) is 0 Å². The minimum absolute atomic E-state index is 0.465. The smallest absolute Gasteiger partial charge is 0.183 e. The fourth-order valence-corrected chi connectivity index (χ4v) is 2.76. The molecule has 0 amide bonds. The number of methoxy groups -OCH3 is 2. The molecule has 2 aromatic carbocycles. The van der Waals surface area contributed by atoms with Crippen LogP contribution in [0.15, 0.2) is 36.4 Å². The number of hydrogen-bond donors (Lipinski definition) is 2. The van der Waals surface area contributed by atoms with Gasteiger partial charge in [-0.3, -0.25) is 0 Å². The molecule has 0 saturated carbocycles. The average molecular weight is 302 g/mol. The lowest BCUT2D eigenvalue weighted by atomic mass is 10.00. The lowest BCUT2D eigenvalue weighted by molar-refractivity contribution is -1.40. The summed E-state index contributed by atoms with van der Waals surface area (Å²) in [6.07, 6.45) is 1.34. The Bertz CT molecular complexity index is 630. The largest absolute Gasteiger partial charge is 0.578 e. The third-order valence-electron chi connectivity index (χ3n) is 3.98. The van der Waals surface area contributed by atoms with E-state index >= 15 is 0 Å². The van der Waals surface area contributed by atoms with Crippen molar-refractivity contribution in [1.29, 1.82) is 0 Å². The van der Waals surface area contributed by atoms with Crippen molar-refractivity contribution in [3.8, 4) is 11.5 Å². The molecule has 0 fully saturated rings. The van der Waals surface area contributed by atoms with Crippen molar-refractivity contribution in [1.82, 2.24) is 0 Å². The van der Waals surface area contributed by atoms with Crippen LogP contribution in [0.3, 0.4) is 0 Å². The molecule has 1 aliphatic rings. The first-order valence-electron chi connectivity index (χ1n) is 7.07. The zero-order valence-electron chi connectivity index (χ0n) is 12.5. The van der Waals surface area contributed by atoms with Gasteiger partial charge in [0, 0.05) is 23.3 Å². The molecule has 0 radical (unpaired) electrons. The van der Waals surface area contributed by atoms with Gasteiger partial charge in [-0.15, -0.1) is 0 Å². The van der Waals surface area contributed by atoms with Crippen molar-refractivity contribution < 1.29 is 19.8 Å². The van der Waals surface area contributed by atoms with Gasteiger partial charge in [0.2, 0.25) is 0 Å². The van der Waals surface area contributed by atoms with Crippen LogP contribution < -0.4 is 19.8 Å². The van der Waals surface area contributed by atoms with Gasteiger partial charge in [0.05, 0.1) is 14.2 Å². The van der Waals surface area contributed by atoms with Crippen molar-refractivity contribution in [2.75, 3.05) is 14.2 Å². The molecule has 2 unspecified atom stereocenters. The molecule has 2 atom stereocenters. The predicted molar refractivity (Wildman–Crippen MR) is 81.4 cm³/mol. The Morgan fingerprint density at radius 3 is 1.55 bits per heavy atom. The normalized spacial score (nSPS) is 20.4. The number of aryl methyl sites for hydroxylation is 2. The van der Waals surface area contributed by atoms with Crippen LogP contribution >= 0.6 is 0 Å². The third-order valence-corrected chi connectivity index (χ3v) is 3.98. The van der Waals surface area contributed by atoms with Gasteiger partial charge in [0.25, 0.3) is 0 Å². The summed E-state index contributed by atoms with van der Waals surface area (Å²) < 4.78 is 10.4. The molecule has 2 N–H and O–H groups in total. The number of rotatable bonds is 2. The molecular formula is C16H18N2O4. The van der Waals surface area contributed by atoms with Gasteiger partial charge >= 0.3 is 0 Å². The lowest BCUT2D eigenvalue weighted by Gasteiger charge is -2.35. The molecule has 6 heteroatoms. The Morgan fingerprint density at radius 1 is 0.773 bits per heavy atom. The number of ether oxygens (including phenoxy) is 2. The topological polar surface area (TPSA) is 73.5 Å². The van der Waals surface area contributed by atoms with E-state index in [4.69, 9.17) is 9.47 Å². The Labute approximate surface area is 128 Å². The second-order valence-corrected chi connectivity index (χ2v) is 5.20. The van der Waals surface area contributed by atoms with Crippen molar-refractivity contribution >= 4 is 11.4 Å². The Hall–Kier alpha value is -2.12. The maximum Gasteiger partial charge on any atom is 0.183 e. The van der Waals surface area contributed by atoms with Gasteiger partial charge in [0.1, 0.15) is 11.5 Å². The van der Waals surface area contributed by atoms with Crippen LogP contribution in [-0.4, -0.2) is 14.2 Å². The minimum Gasteiger partial charge on any atom is -0.578 e. The van der Waals surface area contributed by atoms with Crippen LogP contribution in [-0.2, 0) is 12.8 Å². The highest BCUT2D eigenvalue weighted by Crippen LogP contribution is 2.25. The summed E-state index contributed by atoms with van der Waals surface area (Å²) in [4.78, 5) is 0. The maximum absolute atomic E-state index is 12.5. The Balaban J connectivity index is 2.05. The summed E-state index contributed by atoms with van der Waals surface area (Å²) >= 11 is 0. The first kappa shape index (κ1) is 14.8. The second-order valence-electron chi connectivity index (χ2n) is 5.20. The van der Waals surface area contributed by atoms with Crippen molar-refractivity contribution in [3.05, 3.63) is 57.9 Å². The molecule has 3 rings (SSSR count). The van der Waals surface area contributed by atoms with E-state index in [1.165, 1.54) is 0 Å². The first-order chi connectivity index (χ1) is 10.6. The van der Waals surface area contributed by atoms with Crippen molar-refractivity contribution in [2.24, 2.45) is 0 Å². The van der Waals surface area contributed by atoms with Crippen molar-refractivity contribution in [2.45, 2.75) is 12.8 Å². The monoisotopic (exact) mass is 302 g/mol. The highest BCUT2D eigenvalue weighted by molar-refractivity contribution is 5.49. The fourth-order valence-electron chi connectivity index (χ4n) is 2.76. The van der Waals surface area contributed by atoms with Crippen LogP contribution in [0.4, 0.5) is 11.4 Å². The molecule has 0 aromatic heterocycles. The Morgan fingerprint density at radius 2 is 1.18 bits per heavy atom. The van der Waals surface area contributed by atoms with E-state index in [9.17, 15) is 10.4 Å². The SMILES string of the molecule is COc1ccc2c(c1)CCc1cc(OC)ccc1[NH+]([O-])[NH+]2[O-]. The summed E-state index contributed by atoms with van der Waals surface area (Å²) in [6.45, 7) is 0. The zero-order chi connectivity index (χ0) is 15.7. The summed E-state index contributed by atoms with van der Waals surface area (Å²) in [6, 6.07) is 10.4. The molecule has 116 valence electrons. The van der Waals surface area contributed by atoms with E-state index in [0.29, 0.717) is 35.7 Å². The van der Waals surface area contributed by atoms with E-state index in [2.05, 4.69) is 0 Å². The summed E-state index contributed by atoms with van der Waals surface area (Å²) in [5, 5.41) is 24.0. The molecule has 0 saturated heterocycles. The summed E-state index contributed by atoms with van der Waals surface area (Å²) in [5.74, 6) is 1.37. The van der Waals surface area contributed by atoms with Crippen molar-refractivity contribution in [3.63, 3.8) is 0 Å². The van der Waals surface area contributed by atoms with Gasteiger partial charge in [-0.05, 0) is 37.1 Å². The number of quaternary nitrogens is 2. The third kappa shape index (κ3) is 2.53. The lowest BCUT2D eigenvalue weighted by Crippen LogP contribution is -3.51. The van der Waals surface area contributed by atoms with E-state index in [1.54, 1.807) is 38.5 Å². The highest BCUT2D eigenvalue weighted by atomic mass is 16.7. The maximum atomic E-state index is 12.5. The molecule has 1 aliphatic heterocycles. The highest BCUT2D eigenvalue weighted by Gasteiger charge is 2.24. The zero-order valence-corrected chi connectivity index (χ0v) is 12.5. The van der Waals surface area contributed by atoms with Crippen LogP contribution in [0, 0.1) is 10.4 Å². The first-order valence-corrected chi connectivity index (χ1v) is 7.07. The molecular weight excluding hydrogens is 284 g/mol. The standard InChI is InChI=1S/C16H18N2O4/c1-21-13-5-7-15-11(9-13)3-4-12-10-14(22-2)6-8-16(12)18(20)17(15)19/h5-10,17-18H,3-4H2,1-2H3. The number of benzene rings is 2. The van der Waals surface area contributed by atoms with Crippen LogP contribution in [0.2, 0.25) is 0 Å². The van der Waals surface area contributed by atoms with Gasteiger partial charge in [-0.1, -0.05) is 0 Å². The van der Waals surface area contributed by atoms with Gasteiger partial charge < -0.3 is 19.9 Å². The van der Waals surface area contributed by atoms with Gasteiger partial charge in [-0.2, -0.15) is 10.3 Å².